The number of amides is 1. The second-order valence-electron chi connectivity index (χ2n) is 14.2. The number of nitrogens with zero attached hydrogens (tertiary/aromatic N) is 1. The molecule has 3 fully saturated rings. The number of aliphatic hydroxyl groups excluding tert-OH is 2. The fourth-order valence-electron chi connectivity index (χ4n) is 9.24. The molecule has 0 bridgehead atoms. The summed E-state index contributed by atoms with van der Waals surface area (Å²) >= 11 is 0. The molecule has 0 heterocycles. The van der Waals surface area contributed by atoms with Gasteiger partial charge in [-0.15, -0.1) is 0 Å². The first-order valence-electron chi connectivity index (χ1n) is 16.3. The van der Waals surface area contributed by atoms with Crippen molar-refractivity contribution in [2.24, 2.45) is 28.6 Å². The lowest BCUT2D eigenvalue weighted by Crippen LogP contribution is -2.62. The zero-order valence-corrected chi connectivity index (χ0v) is 26.9. The number of Topliss-reactive ketones (excluding diaryl/α,β-unsaturated/α-hetero) is 1. The smallest absolute Gasteiger partial charge is 0.329 e. The molecule has 4 aliphatic rings. The maximum atomic E-state index is 13.5. The highest BCUT2D eigenvalue weighted by molar-refractivity contribution is 5.92. The van der Waals surface area contributed by atoms with Crippen molar-refractivity contribution in [2.45, 2.75) is 95.5 Å². The Kier molecular flexibility index (Phi) is 9.65. The summed E-state index contributed by atoms with van der Waals surface area (Å²) in [7, 11) is 0. The SMILES string of the molecule is C[C@]12CCC(=O)C=C1CC[C@H]1[C@H]2[C@@H](O)C[C@@]2(C)[C@H]1CC[C@]2(O)C(=O)COC(=O)CCC(=O)N[C@H](C(=O)O)[C@@H](O)c1cccc([N+](=O)[O-])c1. The minimum absolute atomic E-state index is 0.0437. The molecule has 14 heteroatoms. The quantitative estimate of drug-likeness (QED) is 0.130. The van der Waals surface area contributed by atoms with Gasteiger partial charge in [0.25, 0.3) is 5.69 Å². The Morgan fingerprint density at radius 2 is 1.85 bits per heavy atom. The third kappa shape index (κ3) is 6.16. The fourth-order valence-corrected chi connectivity index (χ4v) is 9.24. The number of allylic oxidation sites excluding steroid dienone is 1. The zero-order chi connectivity index (χ0) is 35.2. The highest BCUT2D eigenvalue weighted by atomic mass is 16.6. The molecule has 9 atom stereocenters. The van der Waals surface area contributed by atoms with Gasteiger partial charge in [0.15, 0.2) is 18.4 Å². The van der Waals surface area contributed by atoms with E-state index in [0.29, 0.717) is 19.3 Å². The monoisotopic (exact) mass is 670 g/mol. The number of aliphatic carboxylic acids is 1. The summed E-state index contributed by atoms with van der Waals surface area (Å²) in [5.41, 5.74) is -2.56. The Balaban J connectivity index is 1.16. The van der Waals surface area contributed by atoms with Crippen LogP contribution in [0.1, 0.15) is 83.3 Å². The normalized spacial score (nSPS) is 33.6. The minimum atomic E-state index is -1.87. The van der Waals surface area contributed by atoms with Crippen molar-refractivity contribution in [1.29, 1.82) is 0 Å². The molecule has 1 aromatic carbocycles. The number of nitrogens with one attached hydrogen (secondary N) is 1. The predicted octanol–water partition coefficient (Wildman–Crippen LogP) is 2.32. The molecule has 1 aromatic rings. The average Bonchev–Trinajstić information content (AvgIpc) is 3.31. The van der Waals surface area contributed by atoms with Gasteiger partial charge in [0.2, 0.25) is 11.7 Å². The van der Waals surface area contributed by atoms with Gasteiger partial charge in [-0.05, 0) is 73.3 Å². The van der Waals surface area contributed by atoms with Gasteiger partial charge in [0, 0.05) is 30.4 Å². The standard InChI is InChI=1S/C34H42N2O12/c1-32-12-10-21(37)15-19(32)6-7-22-23-11-13-34(45,33(23,2)16-24(38)28(22)32)25(39)17-48-27(41)9-8-26(40)35-29(31(43)44)30(42)18-4-3-5-20(14-18)36(46)47/h3-5,14-15,22-24,28-30,38,42,45H,6-13,16-17H2,1-2H3,(H,35,40)(H,43,44)/t22-,23+,24+,28+,29+,30+,32+,33+,34+/m1/s1. The van der Waals surface area contributed by atoms with Gasteiger partial charge >= 0.3 is 11.9 Å². The number of hydrogen-bond acceptors (Lipinski definition) is 11. The van der Waals surface area contributed by atoms with Crippen LogP contribution in [0.3, 0.4) is 0 Å². The molecule has 3 saturated carbocycles. The zero-order valence-electron chi connectivity index (χ0n) is 26.9. The van der Waals surface area contributed by atoms with Gasteiger partial charge in [-0.3, -0.25) is 29.3 Å². The van der Waals surface area contributed by atoms with Crippen molar-refractivity contribution in [3.05, 3.63) is 51.6 Å². The highest BCUT2D eigenvalue weighted by Crippen LogP contribution is 2.67. The van der Waals surface area contributed by atoms with Crippen LogP contribution in [0.4, 0.5) is 5.69 Å². The Hall–Kier alpha value is -4.01. The van der Waals surface area contributed by atoms with E-state index in [0.717, 1.165) is 30.5 Å². The lowest BCUT2D eigenvalue weighted by atomic mass is 9.45. The number of carbonyl (C=O) groups is 5. The van der Waals surface area contributed by atoms with Crippen LogP contribution in [0.15, 0.2) is 35.9 Å². The summed E-state index contributed by atoms with van der Waals surface area (Å²) in [6.45, 7) is 3.17. The van der Waals surface area contributed by atoms with Gasteiger partial charge in [-0.2, -0.15) is 0 Å². The van der Waals surface area contributed by atoms with Crippen molar-refractivity contribution in [1.82, 2.24) is 5.32 Å². The maximum absolute atomic E-state index is 13.5. The molecule has 0 aliphatic heterocycles. The first-order chi connectivity index (χ1) is 22.5. The molecule has 4 aliphatic carbocycles. The van der Waals surface area contributed by atoms with Crippen LogP contribution < -0.4 is 5.32 Å². The number of nitro groups is 1. The Morgan fingerprint density at radius 1 is 1.12 bits per heavy atom. The van der Waals surface area contributed by atoms with Crippen molar-refractivity contribution in [3.63, 3.8) is 0 Å². The van der Waals surface area contributed by atoms with E-state index in [4.69, 9.17) is 4.74 Å². The third-order valence-corrected chi connectivity index (χ3v) is 11.8. The molecule has 5 N–H and O–H groups in total. The molecular weight excluding hydrogens is 628 g/mol. The molecule has 48 heavy (non-hydrogen) atoms. The van der Waals surface area contributed by atoms with Crippen molar-refractivity contribution in [3.8, 4) is 0 Å². The number of nitro benzene ring substituents is 1. The Bertz CT molecular complexity index is 1560. The molecule has 0 unspecified atom stereocenters. The lowest BCUT2D eigenvalue weighted by Gasteiger charge is -2.60. The minimum Gasteiger partial charge on any atom is -0.480 e. The first kappa shape index (κ1) is 35.3. The van der Waals surface area contributed by atoms with E-state index in [9.17, 15) is 54.5 Å². The average molecular weight is 671 g/mol. The number of hydrogen-bond donors (Lipinski definition) is 5. The fraction of sp³-hybridized carbons (Fsp3) is 0.618. The van der Waals surface area contributed by atoms with Gasteiger partial charge < -0.3 is 30.5 Å². The Labute approximate surface area is 276 Å². The van der Waals surface area contributed by atoms with Crippen LogP contribution in [-0.2, 0) is 28.7 Å². The van der Waals surface area contributed by atoms with E-state index >= 15 is 0 Å². The maximum Gasteiger partial charge on any atom is 0.329 e. The van der Waals surface area contributed by atoms with Crippen molar-refractivity contribution >= 4 is 35.1 Å². The molecule has 260 valence electrons. The largest absolute Gasteiger partial charge is 0.480 e. The van der Waals surface area contributed by atoms with E-state index in [-0.39, 0.29) is 53.0 Å². The van der Waals surface area contributed by atoms with Crippen molar-refractivity contribution in [2.75, 3.05) is 6.61 Å². The molecule has 14 nitrogen and oxygen atoms in total. The third-order valence-electron chi connectivity index (χ3n) is 11.8. The number of carboxylic acid groups (broad SMARTS) is 1. The molecule has 0 radical (unpaired) electrons. The number of aliphatic hydroxyl groups is 3. The van der Waals surface area contributed by atoms with E-state index in [1.165, 1.54) is 12.1 Å². The van der Waals surface area contributed by atoms with Crippen LogP contribution in [0.2, 0.25) is 0 Å². The van der Waals surface area contributed by atoms with Crippen LogP contribution >= 0.6 is 0 Å². The molecule has 0 aromatic heterocycles. The lowest BCUT2D eigenvalue weighted by molar-refractivity contribution is -0.385. The van der Waals surface area contributed by atoms with E-state index < -0.39 is 77.3 Å². The number of non-ortho nitro benzene ring substituents is 1. The number of fused-ring (bicyclic) bond motifs is 5. The van der Waals surface area contributed by atoms with Crippen LogP contribution in [-0.4, -0.2) is 79.1 Å². The van der Waals surface area contributed by atoms with Gasteiger partial charge in [-0.1, -0.05) is 31.6 Å². The second kappa shape index (κ2) is 13.1. The van der Waals surface area contributed by atoms with Crippen LogP contribution in [0, 0.1) is 38.7 Å². The molecule has 5 rings (SSSR count). The number of rotatable bonds is 11. The molecule has 1 amide bonds. The summed E-state index contributed by atoms with van der Waals surface area (Å²) < 4.78 is 5.13. The summed E-state index contributed by atoms with van der Waals surface area (Å²) in [5.74, 6) is -4.19. The summed E-state index contributed by atoms with van der Waals surface area (Å²) in [6.07, 6.45) is 1.46. The molecular formula is C34H42N2O12. The molecule has 0 spiro atoms. The Morgan fingerprint density at radius 3 is 2.54 bits per heavy atom. The van der Waals surface area contributed by atoms with Gasteiger partial charge in [0.05, 0.1) is 17.4 Å². The van der Waals surface area contributed by atoms with Crippen LogP contribution in [0.25, 0.3) is 0 Å². The van der Waals surface area contributed by atoms with Gasteiger partial charge in [0.1, 0.15) is 11.7 Å². The topological polar surface area (TPSA) is 231 Å². The predicted molar refractivity (Wildman–Crippen MR) is 166 cm³/mol. The van der Waals surface area contributed by atoms with E-state index in [1.54, 1.807) is 6.08 Å². The van der Waals surface area contributed by atoms with Gasteiger partial charge in [-0.25, -0.2) is 4.79 Å². The van der Waals surface area contributed by atoms with Crippen molar-refractivity contribution < 1.29 is 54.1 Å². The van der Waals surface area contributed by atoms with E-state index in [2.05, 4.69) is 12.2 Å². The number of carboxylic acids is 1. The number of carbonyl (C=O) groups excluding carboxylic acids is 4. The number of esters is 1. The number of ether oxygens (including phenoxy) is 1. The molecule has 0 saturated heterocycles. The first-order valence-corrected chi connectivity index (χ1v) is 16.3. The number of benzene rings is 1. The summed E-state index contributed by atoms with van der Waals surface area (Å²) in [5, 5.41) is 56.6. The second-order valence-corrected chi connectivity index (χ2v) is 14.2. The number of ketones is 2. The highest BCUT2D eigenvalue weighted by Gasteiger charge is 2.68. The summed E-state index contributed by atoms with van der Waals surface area (Å²) in [4.78, 5) is 72.7. The summed E-state index contributed by atoms with van der Waals surface area (Å²) in [6, 6.07) is 2.79. The van der Waals surface area contributed by atoms with E-state index in [1.807, 2.05) is 6.92 Å². The van der Waals surface area contributed by atoms with Crippen LogP contribution in [0.5, 0.6) is 0 Å².